The van der Waals surface area contributed by atoms with Crippen LogP contribution in [0.2, 0.25) is 0 Å². The molecule has 1 aromatic carbocycles. The maximum Gasteiger partial charge on any atom is 0.321 e. The molecule has 0 saturated carbocycles. The number of carbonyl (C=O) groups excluding carboxylic acids is 2. The van der Waals surface area contributed by atoms with Gasteiger partial charge >= 0.3 is 12.0 Å². The average Bonchev–Trinajstić information content (AvgIpc) is 3.16. The second kappa shape index (κ2) is 7.16. The topological polar surface area (TPSA) is 87.3 Å². The third-order valence-corrected chi connectivity index (χ3v) is 4.17. The molecule has 1 saturated heterocycles. The van der Waals surface area contributed by atoms with E-state index < -0.39 is 0 Å². The number of hydrogen-bond donors (Lipinski definition) is 2. The summed E-state index contributed by atoms with van der Waals surface area (Å²) in [6, 6.07) is 9.20. The van der Waals surface area contributed by atoms with Crippen LogP contribution in [0.25, 0.3) is 11.3 Å². The minimum Gasteiger partial charge on any atom is -0.469 e. The van der Waals surface area contributed by atoms with E-state index in [1.54, 1.807) is 11.1 Å². The highest BCUT2D eigenvalue weighted by Crippen LogP contribution is 2.22. The van der Waals surface area contributed by atoms with Crippen molar-refractivity contribution < 1.29 is 14.3 Å². The lowest BCUT2D eigenvalue weighted by molar-refractivity contribution is -0.146. The van der Waals surface area contributed by atoms with Crippen molar-refractivity contribution in [2.75, 3.05) is 25.5 Å². The van der Waals surface area contributed by atoms with E-state index in [2.05, 4.69) is 15.5 Å². The fourth-order valence-electron chi connectivity index (χ4n) is 2.90. The Morgan fingerprint density at radius 3 is 3.00 bits per heavy atom. The minimum absolute atomic E-state index is 0.203. The molecule has 1 aliphatic heterocycles. The number of piperidine rings is 1. The van der Waals surface area contributed by atoms with Crippen LogP contribution in [0.4, 0.5) is 10.5 Å². The monoisotopic (exact) mass is 328 g/mol. The molecule has 24 heavy (non-hydrogen) atoms. The molecule has 0 unspecified atom stereocenters. The van der Waals surface area contributed by atoms with Crippen LogP contribution in [0.1, 0.15) is 12.8 Å². The zero-order chi connectivity index (χ0) is 16.9. The summed E-state index contributed by atoms with van der Waals surface area (Å²) in [6.07, 6.45) is 3.23. The average molecular weight is 328 g/mol. The molecule has 1 aliphatic rings. The molecule has 0 bridgehead atoms. The van der Waals surface area contributed by atoms with Gasteiger partial charge in [-0.2, -0.15) is 5.10 Å². The van der Waals surface area contributed by atoms with Gasteiger partial charge in [-0.15, -0.1) is 0 Å². The zero-order valence-electron chi connectivity index (χ0n) is 13.5. The predicted molar refractivity (Wildman–Crippen MR) is 89.4 cm³/mol. The first kappa shape index (κ1) is 16.0. The number of H-pyrrole nitrogens is 1. The molecule has 0 spiro atoms. The molecule has 0 aliphatic carbocycles. The lowest BCUT2D eigenvalue weighted by Gasteiger charge is -2.31. The number of nitrogens with one attached hydrogen (secondary N) is 2. The number of methoxy groups -OCH3 is 1. The molecule has 7 heteroatoms. The Kier molecular flexibility index (Phi) is 4.79. The molecular formula is C17H20N4O3. The van der Waals surface area contributed by atoms with Crippen molar-refractivity contribution in [3.8, 4) is 11.3 Å². The molecule has 2 heterocycles. The number of carbonyl (C=O) groups is 2. The number of aromatic nitrogens is 2. The van der Waals surface area contributed by atoms with E-state index in [-0.39, 0.29) is 17.9 Å². The van der Waals surface area contributed by atoms with Crippen LogP contribution in [0, 0.1) is 5.92 Å². The Bertz CT molecular complexity index is 714. The van der Waals surface area contributed by atoms with Crippen LogP contribution >= 0.6 is 0 Å². The molecule has 7 nitrogen and oxygen atoms in total. The van der Waals surface area contributed by atoms with E-state index in [1.807, 2.05) is 30.3 Å². The van der Waals surface area contributed by atoms with E-state index in [0.717, 1.165) is 24.1 Å². The maximum absolute atomic E-state index is 12.5. The number of urea groups is 1. The van der Waals surface area contributed by atoms with Crippen LogP contribution in [0.3, 0.4) is 0 Å². The second-order valence-electron chi connectivity index (χ2n) is 5.79. The number of nitrogens with zero attached hydrogens (tertiary/aromatic N) is 2. The van der Waals surface area contributed by atoms with Gasteiger partial charge in [0.2, 0.25) is 0 Å². The number of amides is 2. The minimum atomic E-state index is -0.256. The van der Waals surface area contributed by atoms with Crippen molar-refractivity contribution in [1.29, 1.82) is 0 Å². The number of benzene rings is 1. The lowest BCUT2D eigenvalue weighted by atomic mass is 9.98. The Balaban J connectivity index is 1.66. The number of anilines is 1. The van der Waals surface area contributed by atoms with Crippen molar-refractivity contribution in [2.24, 2.45) is 5.92 Å². The molecule has 0 radical (unpaired) electrons. The summed E-state index contributed by atoms with van der Waals surface area (Å²) in [4.78, 5) is 25.8. The number of ether oxygens (including phenoxy) is 1. The van der Waals surface area contributed by atoms with E-state index in [0.29, 0.717) is 18.8 Å². The van der Waals surface area contributed by atoms with Gasteiger partial charge < -0.3 is 15.0 Å². The van der Waals surface area contributed by atoms with Crippen molar-refractivity contribution in [3.05, 3.63) is 36.5 Å². The van der Waals surface area contributed by atoms with Crippen LogP contribution in [-0.4, -0.2) is 47.3 Å². The first-order valence-corrected chi connectivity index (χ1v) is 7.91. The van der Waals surface area contributed by atoms with Gasteiger partial charge in [0.1, 0.15) is 0 Å². The van der Waals surface area contributed by atoms with E-state index in [9.17, 15) is 9.59 Å². The maximum atomic E-state index is 12.5. The summed E-state index contributed by atoms with van der Waals surface area (Å²) in [7, 11) is 1.38. The summed E-state index contributed by atoms with van der Waals surface area (Å²) in [5.74, 6) is -0.500. The number of esters is 1. The van der Waals surface area contributed by atoms with Crippen molar-refractivity contribution >= 4 is 17.7 Å². The first-order valence-electron chi connectivity index (χ1n) is 7.91. The Labute approximate surface area is 140 Å². The van der Waals surface area contributed by atoms with Gasteiger partial charge in [-0.05, 0) is 31.0 Å². The van der Waals surface area contributed by atoms with Crippen LogP contribution in [-0.2, 0) is 9.53 Å². The number of likely N-dealkylation sites (tertiary alicyclic amines) is 1. The highest BCUT2D eigenvalue weighted by atomic mass is 16.5. The Morgan fingerprint density at radius 2 is 2.25 bits per heavy atom. The summed E-state index contributed by atoms with van der Waals surface area (Å²) in [5.41, 5.74) is 2.53. The quantitative estimate of drug-likeness (QED) is 0.848. The van der Waals surface area contributed by atoms with Gasteiger partial charge in [-0.3, -0.25) is 9.89 Å². The molecule has 2 aromatic rings. The number of hydrogen-bond acceptors (Lipinski definition) is 4. The normalized spacial score (nSPS) is 17.4. The van der Waals surface area contributed by atoms with Gasteiger partial charge in [0.15, 0.2) is 0 Å². The smallest absolute Gasteiger partial charge is 0.321 e. The fourth-order valence-corrected chi connectivity index (χ4v) is 2.90. The summed E-state index contributed by atoms with van der Waals surface area (Å²) in [6.45, 7) is 1.03. The highest BCUT2D eigenvalue weighted by molar-refractivity contribution is 5.90. The molecule has 126 valence electrons. The number of aromatic amines is 1. The summed E-state index contributed by atoms with van der Waals surface area (Å²) < 4.78 is 4.79. The molecule has 2 amide bonds. The SMILES string of the molecule is COC(=O)[C@H]1CCCN(C(=O)Nc2cccc(-c3ccn[nH]3)c2)C1. The largest absolute Gasteiger partial charge is 0.469 e. The van der Waals surface area contributed by atoms with Gasteiger partial charge in [0.25, 0.3) is 0 Å². The van der Waals surface area contributed by atoms with Crippen LogP contribution in [0.5, 0.6) is 0 Å². The number of rotatable bonds is 3. The van der Waals surface area contributed by atoms with Gasteiger partial charge in [-0.25, -0.2) is 4.79 Å². The zero-order valence-corrected chi connectivity index (χ0v) is 13.5. The fraction of sp³-hybridized carbons (Fsp3) is 0.353. The Hall–Kier alpha value is -2.83. The molecule has 2 N–H and O–H groups in total. The second-order valence-corrected chi connectivity index (χ2v) is 5.79. The van der Waals surface area contributed by atoms with Gasteiger partial charge in [0, 0.05) is 30.5 Å². The summed E-state index contributed by atoms with van der Waals surface area (Å²) >= 11 is 0. The third-order valence-electron chi connectivity index (χ3n) is 4.17. The molecular weight excluding hydrogens is 308 g/mol. The van der Waals surface area contributed by atoms with Gasteiger partial charge in [-0.1, -0.05) is 12.1 Å². The van der Waals surface area contributed by atoms with Crippen molar-refractivity contribution in [3.63, 3.8) is 0 Å². The Morgan fingerprint density at radius 1 is 1.38 bits per heavy atom. The third kappa shape index (κ3) is 3.56. The molecule has 3 rings (SSSR count). The molecule has 1 atom stereocenters. The van der Waals surface area contributed by atoms with E-state index in [4.69, 9.17) is 4.74 Å². The van der Waals surface area contributed by atoms with Crippen LogP contribution in [0.15, 0.2) is 36.5 Å². The molecule has 1 aromatic heterocycles. The van der Waals surface area contributed by atoms with Gasteiger partial charge in [0.05, 0.1) is 18.7 Å². The van der Waals surface area contributed by atoms with Crippen molar-refractivity contribution in [2.45, 2.75) is 12.8 Å². The predicted octanol–water partition coefficient (Wildman–Crippen LogP) is 2.49. The first-order chi connectivity index (χ1) is 11.7. The van der Waals surface area contributed by atoms with Crippen molar-refractivity contribution in [1.82, 2.24) is 15.1 Å². The highest BCUT2D eigenvalue weighted by Gasteiger charge is 2.29. The van der Waals surface area contributed by atoms with E-state index in [1.165, 1.54) is 7.11 Å². The van der Waals surface area contributed by atoms with E-state index >= 15 is 0 Å². The lowest BCUT2D eigenvalue weighted by Crippen LogP contribution is -2.44. The van der Waals surface area contributed by atoms with Crippen LogP contribution < -0.4 is 5.32 Å². The molecule has 1 fully saturated rings. The standard InChI is InChI=1S/C17H20N4O3/c1-24-16(22)13-5-3-9-21(11-13)17(23)19-14-6-2-4-12(10-14)15-7-8-18-20-15/h2,4,6-8,10,13H,3,5,9,11H2,1H3,(H,18,20)(H,19,23)/t13-/m0/s1. The summed E-state index contributed by atoms with van der Waals surface area (Å²) in [5, 5.41) is 9.72.